The predicted molar refractivity (Wildman–Crippen MR) is 88.0 cm³/mol. The summed E-state index contributed by atoms with van der Waals surface area (Å²) in [6.07, 6.45) is 0.707. The molecule has 0 aliphatic rings. The van der Waals surface area contributed by atoms with Crippen molar-refractivity contribution >= 4 is 23.2 Å². The van der Waals surface area contributed by atoms with Crippen LogP contribution in [0.2, 0.25) is 5.02 Å². The van der Waals surface area contributed by atoms with Gasteiger partial charge in [0, 0.05) is 5.02 Å². The Kier molecular flexibility index (Phi) is 5.38. The van der Waals surface area contributed by atoms with Crippen LogP contribution in [0.15, 0.2) is 36.4 Å². The molecule has 0 bridgehead atoms. The lowest BCUT2D eigenvalue weighted by molar-refractivity contribution is 0.354. The molecule has 4 heteroatoms. The van der Waals surface area contributed by atoms with Crippen molar-refractivity contribution in [2.75, 3.05) is 14.2 Å². The summed E-state index contributed by atoms with van der Waals surface area (Å²) < 4.78 is 10.6. The molecule has 0 heterocycles. The van der Waals surface area contributed by atoms with E-state index in [0.29, 0.717) is 17.9 Å². The van der Waals surface area contributed by atoms with E-state index in [1.54, 1.807) is 14.2 Å². The normalized spacial score (nSPS) is 12.0. The Bertz CT molecular complexity index is 626. The molecule has 1 unspecified atom stereocenters. The zero-order valence-corrected chi connectivity index (χ0v) is 13.8. The van der Waals surface area contributed by atoms with Crippen LogP contribution in [0, 0.1) is 6.92 Å². The van der Waals surface area contributed by atoms with Crippen molar-refractivity contribution in [3.63, 3.8) is 0 Å². The predicted octanol–water partition coefficient (Wildman–Crippen LogP) is 5.19. The Morgan fingerprint density at radius 2 is 1.71 bits per heavy atom. The van der Waals surface area contributed by atoms with Crippen molar-refractivity contribution in [3.8, 4) is 11.5 Å². The zero-order chi connectivity index (χ0) is 15.4. The Morgan fingerprint density at radius 1 is 1.05 bits per heavy atom. The number of methoxy groups -OCH3 is 2. The first-order valence-electron chi connectivity index (χ1n) is 6.66. The van der Waals surface area contributed by atoms with Gasteiger partial charge in [0.15, 0.2) is 11.5 Å². The van der Waals surface area contributed by atoms with E-state index in [0.717, 1.165) is 21.7 Å². The summed E-state index contributed by atoms with van der Waals surface area (Å²) in [7, 11) is 3.25. The lowest BCUT2D eigenvalue weighted by atomic mass is 9.99. The van der Waals surface area contributed by atoms with E-state index >= 15 is 0 Å². The quantitative estimate of drug-likeness (QED) is 0.705. The molecule has 2 aromatic carbocycles. The summed E-state index contributed by atoms with van der Waals surface area (Å²) in [6, 6.07) is 11.6. The summed E-state index contributed by atoms with van der Waals surface area (Å²) in [5.74, 6) is 1.40. The third-order valence-electron chi connectivity index (χ3n) is 3.41. The summed E-state index contributed by atoms with van der Waals surface area (Å²) in [5.41, 5.74) is 3.22. The molecule has 0 fully saturated rings. The van der Waals surface area contributed by atoms with Crippen LogP contribution >= 0.6 is 23.2 Å². The lowest BCUT2D eigenvalue weighted by Gasteiger charge is -2.16. The third-order valence-corrected chi connectivity index (χ3v) is 4.04. The van der Waals surface area contributed by atoms with Gasteiger partial charge in [-0.05, 0) is 54.3 Å². The smallest absolute Gasteiger partial charge is 0.161 e. The highest BCUT2D eigenvalue weighted by atomic mass is 35.5. The van der Waals surface area contributed by atoms with Crippen LogP contribution in [0.5, 0.6) is 11.5 Å². The molecule has 0 amide bonds. The summed E-state index contributed by atoms with van der Waals surface area (Å²) in [4.78, 5) is 0. The Labute approximate surface area is 135 Å². The van der Waals surface area contributed by atoms with E-state index in [-0.39, 0.29) is 5.38 Å². The van der Waals surface area contributed by atoms with Gasteiger partial charge in [0.05, 0.1) is 19.6 Å². The second-order valence-corrected chi connectivity index (χ2v) is 5.83. The SMILES string of the molecule is COc1cc(C)c(C(Cl)Cc2cccc(Cl)c2)cc1OC. The largest absolute Gasteiger partial charge is 0.493 e. The second-order valence-electron chi connectivity index (χ2n) is 4.87. The van der Waals surface area contributed by atoms with Gasteiger partial charge in [-0.25, -0.2) is 0 Å². The standard InChI is InChI=1S/C17H18Cl2O2/c1-11-7-16(20-2)17(21-3)10-14(11)15(19)9-12-5-4-6-13(18)8-12/h4-8,10,15H,9H2,1-3H3. The number of halogens is 2. The van der Waals surface area contributed by atoms with Crippen LogP contribution in [-0.4, -0.2) is 14.2 Å². The first-order valence-corrected chi connectivity index (χ1v) is 7.47. The fourth-order valence-corrected chi connectivity index (χ4v) is 2.94. The minimum absolute atomic E-state index is 0.150. The molecule has 0 N–H and O–H groups in total. The number of aryl methyl sites for hydroxylation is 1. The molecule has 21 heavy (non-hydrogen) atoms. The molecule has 2 nitrogen and oxygen atoms in total. The number of ether oxygens (including phenoxy) is 2. The molecule has 0 aromatic heterocycles. The average molecular weight is 325 g/mol. The van der Waals surface area contributed by atoms with Gasteiger partial charge in [0.25, 0.3) is 0 Å². The molecule has 0 aliphatic heterocycles. The maximum Gasteiger partial charge on any atom is 0.161 e. The highest BCUT2D eigenvalue weighted by Crippen LogP contribution is 2.36. The molecule has 2 rings (SSSR count). The molecule has 0 saturated heterocycles. The monoisotopic (exact) mass is 324 g/mol. The highest BCUT2D eigenvalue weighted by Gasteiger charge is 2.16. The van der Waals surface area contributed by atoms with Crippen molar-refractivity contribution in [1.82, 2.24) is 0 Å². The number of alkyl halides is 1. The molecule has 0 aliphatic carbocycles. The number of hydrogen-bond acceptors (Lipinski definition) is 2. The second kappa shape index (κ2) is 7.06. The fourth-order valence-electron chi connectivity index (χ4n) is 2.31. The Morgan fingerprint density at radius 3 is 2.33 bits per heavy atom. The molecule has 1 atom stereocenters. The summed E-state index contributed by atoms with van der Waals surface area (Å²) >= 11 is 12.6. The number of hydrogen-bond donors (Lipinski definition) is 0. The van der Waals surface area contributed by atoms with E-state index in [9.17, 15) is 0 Å². The Hall–Kier alpha value is -1.38. The maximum absolute atomic E-state index is 6.58. The van der Waals surface area contributed by atoms with E-state index in [2.05, 4.69) is 0 Å². The average Bonchev–Trinajstić information content (AvgIpc) is 2.46. The van der Waals surface area contributed by atoms with Crippen molar-refractivity contribution in [2.45, 2.75) is 18.7 Å². The van der Waals surface area contributed by atoms with E-state index in [1.807, 2.05) is 43.3 Å². The first kappa shape index (κ1) is 16.0. The van der Waals surface area contributed by atoms with Gasteiger partial charge >= 0.3 is 0 Å². The van der Waals surface area contributed by atoms with Gasteiger partial charge in [-0.15, -0.1) is 11.6 Å². The van der Waals surface area contributed by atoms with Gasteiger partial charge in [0.2, 0.25) is 0 Å². The first-order chi connectivity index (χ1) is 10.0. The van der Waals surface area contributed by atoms with E-state index in [1.165, 1.54) is 0 Å². The summed E-state index contributed by atoms with van der Waals surface area (Å²) in [5, 5.41) is 0.573. The van der Waals surface area contributed by atoms with E-state index in [4.69, 9.17) is 32.7 Å². The van der Waals surface area contributed by atoms with Gasteiger partial charge in [-0.2, -0.15) is 0 Å². The van der Waals surface area contributed by atoms with Crippen molar-refractivity contribution < 1.29 is 9.47 Å². The number of rotatable bonds is 5. The maximum atomic E-state index is 6.58. The minimum atomic E-state index is -0.150. The molecular formula is C17H18Cl2O2. The van der Waals surface area contributed by atoms with Crippen molar-refractivity contribution in [1.29, 1.82) is 0 Å². The molecule has 0 radical (unpaired) electrons. The van der Waals surface area contributed by atoms with Crippen LogP contribution in [0.4, 0.5) is 0 Å². The zero-order valence-electron chi connectivity index (χ0n) is 12.3. The van der Waals surface area contributed by atoms with Crippen LogP contribution in [0.3, 0.4) is 0 Å². The van der Waals surface area contributed by atoms with Gasteiger partial charge < -0.3 is 9.47 Å². The van der Waals surface area contributed by atoms with Crippen LogP contribution in [0.1, 0.15) is 22.1 Å². The number of benzene rings is 2. The van der Waals surface area contributed by atoms with E-state index < -0.39 is 0 Å². The van der Waals surface area contributed by atoms with Crippen molar-refractivity contribution in [3.05, 3.63) is 58.1 Å². The minimum Gasteiger partial charge on any atom is -0.493 e. The lowest BCUT2D eigenvalue weighted by Crippen LogP contribution is -2.01. The molecule has 0 spiro atoms. The van der Waals surface area contributed by atoms with Crippen LogP contribution in [0.25, 0.3) is 0 Å². The molecule has 112 valence electrons. The summed E-state index contributed by atoms with van der Waals surface area (Å²) in [6.45, 7) is 2.02. The van der Waals surface area contributed by atoms with Gasteiger partial charge in [-0.3, -0.25) is 0 Å². The third kappa shape index (κ3) is 3.84. The van der Waals surface area contributed by atoms with Crippen LogP contribution < -0.4 is 9.47 Å². The van der Waals surface area contributed by atoms with Crippen molar-refractivity contribution in [2.24, 2.45) is 0 Å². The van der Waals surface area contributed by atoms with Gasteiger partial charge in [0.1, 0.15) is 0 Å². The highest BCUT2D eigenvalue weighted by molar-refractivity contribution is 6.30. The molecule has 0 saturated carbocycles. The Balaban J connectivity index is 2.28. The molecule has 2 aromatic rings. The topological polar surface area (TPSA) is 18.5 Å². The van der Waals surface area contributed by atoms with Crippen LogP contribution in [-0.2, 0) is 6.42 Å². The van der Waals surface area contributed by atoms with Gasteiger partial charge in [-0.1, -0.05) is 23.7 Å². The fraction of sp³-hybridized carbons (Fsp3) is 0.294. The molecular weight excluding hydrogens is 307 g/mol.